The van der Waals surface area contributed by atoms with Crippen molar-refractivity contribution in [1.29, 1.82) is 0 Å². The summed E-state index contributed by atoms with van der Waals surface area (Å²) in [4.78, 5) is 2.67. The van der Waals surface area contributed by atoms with E-state index in [-0.39, 0.29) is 0 Å². The molecule has 2 nitrogen and oxygen atoms in total. The smallest absolute Gasteiger partial charge is 0.0472 e. The summed E-state index contributed by atoms with van der Waals surface area (Å²) in [5.41, 5.74) is 1.43. The van der Waals surface area contributed by atoms with E-state index in [1.807, 2.05) is 0 Å². The zero-order valence-corrected chi connectivity index (χ0v) is 14.6. The van der Waals surface area contributed by atoms with Crippen LogP contribution in [0.25, 0.3) is 0 Å². The molecule has 1 aromatic carbocycles. The molecule has 2 heteroatoms. The SMILES string of the molecule is CNCC(c1ccccc1)N(CCC(C)C)CCC(C)C. The maximum Gasteiger partial charge on any atom is 0.0472 e. The number of likely N-dealkylation sites (N-methyl/N-ethyl adjacent to an activating group) is 1. The van der Waals surface area contributed by atoms with Gasteiger partial charge in [0.25, 0.3) is 0 Å². The fraction of sp³-hybridized carbons (Fsp3) is 0.684. The van der Waals surface area contributed by atoms with Gasteiger partial charge in [-0.3, -0.25) is 4.90 Å². The Labute approximate surface area is 131 Å². The highest BCUT2D eigenvalue weighted by Crippen LogP contribution is 2.22. The molecular formula is C19H34N2. The average Bonchev–Trinajstić information content (AvgIpc) is 2.46. The Bertz CT molecular complexity index is 347. The maximum absolute atomic E-state index is 3.38. The number of hydrogen-bond donors (Lipinski definition) is 1. The third-order valence-electron chi connectivity index (χ3n) is 4.01. The van der Waals surface area contributed by atoms with Crippen LogP contribution in [0.5, 0.6) is 0 Å². The van der Waals surface area contributed by atoms with Gasteiger partial charge < -0.3 is 5.32 Å². The monoisotopic (exact) mass is 290 g/mol. The zero-order valence-electron chi connectivity index (χ0n) is 14.6. The first kappa shape index (κ1) is 18.2. The number of hydrogen-bond acceptors (Lipinski definition) is 2. The Morgan fingerprint density at radius 3 is 1.86 bits per heavy atom. The molecule has 0 fully saturated rings. The minimum absolute atomic E-state index is 0.480. The lowest BCUT2D eigenvalue weighted by Gasteiger charge is -2.33. The van der Waals surface area contributed by atoms with Crippen LogP contribution >= 0.6 is 0 Å². The molecule has 0 saturated heterocycles. The van der Waals surface area contributed by atoms with Gasteiger partial charge in [-0.1, -0.05) is 58.0 Å². The van der Waals surface area contributed by atoms with Gasteiger partial charge >= 0.3 is 0 Å². The molecule has 0 amide bonds. The summed E-state index contributed by atoms with van der Waals surface area (Å²) in [6.45, 7) is 12.6. The van der Waals surface area contributed by atoms with Crippen LogP contribution in [0.2, 0.25) is 0 Å². The average molecular weight is 290 g/mol. The van der Waals surface area contributed by atoms with Crippen LogP contribution in [-0.4, -0.2) is 31.6 Å². The number of nitrogens with zero attached hydrogens (tertiary/aromatic N) is 1. The highest BCUT2D eigenvalue weighted by Gasteiger charge is 2.19. The van der Waals surface area contributed by atoms with E-state index in [0.717, 1.165) is 18.4 Å². The number of rotatable bonds is 10. The first-order chi connectivity index (χ1) is 10.0. The van der Waals surface area contributed by atoms with E-state index in [4.69, 9.17) is 0 Å². The Balaban J connectivity index is 2.82. The first-order valence-electron chi connectivity index (χ1n) is 8.48. The van der Waals surface area contributed by atoms with E-state index >= 15 is 0 Å². The predicted molar refractivity (Wildman–Crippen MR) is 93.6 cm³/mol. The predicted octanol–water partition coefficient (Wildman–Crippen LogP) is 4.34. The van der Waals surface area contributed by atoms with Crippen LogP contribution < -0.4 is 5.32 Å². The van der Waals surface area contributed by atoms with Crippen molar-refractivity contribution < 1.29 is 0 Å². The number of nitrogens with one attached hydrogen (secondary N) is 1. The van der Waals surface area contributed by atoms with Crippen molar-refractivity contribution in [3.05, 3.63) is 35.9 Å². The summed E-state index contributed by atoms with van der Waals surface area (Å²) in [5.74, 6) is 1.52. The molecule has 0 radical (unpaired) electrons. The molecule has 0 aliphatic heterocycles. The molecule has 1 rings (SSSR count). The maximum atomic E-state index is 3.38. The lowest BCUT2D eigenvalue weighted by molar-refractivity contribution is 0.175. The van der Waals surface area contributed by atoms with Crippen molar-refractivity contribution in [2.24, 2.45) is 11.8 Å². The largest absolute Gasteiger partial charge is 0.318 e. The van der Waals surface area contributed by atoms with Crippen LogP contribution in [0, 0.1) is 11.8 Å². The molecule has 0 aliphatic carbocycles. The summed E-state index contributed by atoms with van der Waals surface area (Å²) in [5, 5.41) is 3.38. The molecule has 1 aromatic rings. The van der Waals surface area contributed by atoms with Crippen molar-refractivity contribution in [3.63, 3.8) is 0 Å². The minimum Gasteiger partial charge on any atom is -0.318 e. The molecule has 1 unspecified atom stereocenters. The topological polar surface area (TPSA) is 15.3 Å². The Hall–Kier alpha value is -0.860. The van der Waals surface area contributed by atoms with Crippen molar-refractivity contribution in [2.45, 2.75) is 46.6 Å². The molecule has 1 atom stereocenters. The summed E-state index contributed by atoms with van der Waals surface area (Å²) < 4.78 is 0. The molecule has 0 saturated carbocycles. The van der Waals surface area contributed by atoms with Crippen molar-refractivity contribution >= 4 is 0 Å². The summed E-state index contributed by atoms with van der Waals surface area (Å²) in [7, 11) is 2.05. The molecule has 0 aromatic heterocycles. The van der Waals surface area contributed by atoms with Crippen molar-refractivity contribution in [1.82, 2.24) is 10.2 Å². The van der Waals surface area contributed by atoms with E-state index in [9.17, 15) is 0 Å². The van der Waals surface area contributed by atoms with Crippen LogP contribution in [-0.2, 0) is 0 Å². The van der Waals surface area contributed by atoms with Gasteiger partial charge in [-0.05, 0) is 50.4 Å². The standard InChI is InChI=1S/C19H34N2/c1-16(2)11-13-21(14-12-17(3)4)19(15-20-5)18-9-7-6-8-10-18/h6-10,16-17,19-20H,11-15H2,1-5H3. The van der Waals surface area contributed by atoms with E-state index in [0.29, 0.717) is 6.04 Å². The second-order valence-corrected chi connectivity index (χ2v) is 6.89. The molecule has 0 bridgehead atoms. The summed E-state index contributed by atoms with van der Waals surface area (Å²) in [6, 6.07) is 11.4. The van der Waals surface area contributed by atoms with Crippen LogP contribution in [0.15, 0.2) is 30.3 Å². The molecule has 0 aliphatic rings. The molecule has 1 N–H and O–H groups in total. The molecule has 0 spiro atoms. The minimum atomic E-state index is 0.480. The first-order valence-corrected chi connectivity index (χ1v) is 8.48. The van der Waals surface area contributed by atoms with Gasteiger partial charge in [0.05, 0.1) is 0 Å². The van der Waals surface area contributed by atoms with Gasteiger partial charge in [0.1, 0.15) is 0 Å². The molecular weight excluding hydrogens is 256 g/mol. The van der Waals surface area contributed by atoms with E-state index in [1.54, 1.807) is 0 Å². The second kappa shape index (κ2) is 9.97. The Morgan fingerprint density at radius 1 is 0.905 bits per heavy atom. The Kier molecular flexibility index (Phi) is 8.63. The van der Waals surface area contributed by atoms with Crippen molar-refractivity contribution in [3.8, 4) is 0 Å². The molecule has 21 heavy (non-hydrogen) atoms. The number of benzene rings is 1. The van der Waals surface area contributed by atoms with E-state index in [1.165, 1.54) is 31.5 Å². The van der Waals surface area contributed by atoms with Gasteiger partial charge in [0.15, 0.2) is 0 Å². The van der Waals surface area contributed by atoms with E-state index in [2.05, 4.69) is 75.3 Å². The Morgan fingerprint density at radius 2 is 1.43 bits per heavy atom. The third kappa shape index (κ3) is 7.10. The quantitative estimate of drug-likeness (QED) is 0.689. The summed E-state index contributed by atoms with van der Waals surface area (Å²) >= 11 is 0. The lowest BCUT2D eigenvalue weighted by Crippen LogP contribution is -2.37. The molecule has 0 heterocycles. The van der Waals surface area contributed by atoms with Crippen LogP contribution in [0.4, 0.5) is 0 Å². The fourth-order valence-electron chi connectivity index (χ4n) is 2.60. The van der Waals surface area contributed by atoms with E-state index < -0.39 is 0 Å². The van der Waals surface area contributed by atoms with Gasteiger partial charge in [-0.25, -0.2) is 0 Å². The normalized spacial score (nSPS) is 13.3. The van der Waals surface area contributed by atoms with Gasteiger partial charge in [0, 0.05) is 12.6 Å². The highest BCUT2D eigenvalue weighted by atomic mass is 15.2. The third-order valence-corrected chi connectivity index (χ3v) is 4.01. The highest BCUT2D eigenvalue weighted by molar-refractivity contribution is 5.19. The zero-order chi connectivity index (χ0) is 15.7. The summed E-state index contributed by atoms with van der Waals surface area (Å²) in [6.07, 6.45) is 2.54. The van der Waals surface area contributed by atoms with Crippen LogP contribution in [0.1, 0.15) is 52.1 Å². The molecule has 120 valence electrons. The van der Waals surface area contributed by atoms with Crippen LogP contribution in [0.3, 0.4) is 0 Å². The second-order valence-electron chi connectivity index (χ2n) is 6.89. The van der Waals surface area contributed by atoms with Crippen molar-refractivity contribution in [2.75, 3.05) is 26.7 Å². The van der Waals surface area contributed by atoms with Gasteiger partial charge in [0.2, 0.25) is 0 Å². The fourth-order valence-corrected chi connectivity index (χ4v) is 2.60. The lowest BCUT2D eigenvalue weighted by atomic mass is 10.0. The van der Waals surface area contributed by atoms with Gasteiger partial charge in [-0.2, -0.15) is 0 Å². The van der Waals surface area contributed by atoms with Gasteiger partial charge in [-0.15, -0.1) is 0 Å².